The Hall–Kier alpha value is -4.95. The van der Waals surface area contributed by atoms with Crippen LogP contribution in [0.5, 0.6) is 5.75 Å². The van der Waals surface area contributed by atoms with Gasteiger partial charge in [-0.2, -0.15) is 0 Å². The van der Waals surface area contributed by atoms with Crippen LogP contribution < -0.4 is 10.1 Å². The summed E-state index contributed by atoms with van der Waals surface area (Å²) in [5, 5.41) is 3.37. The van der Waals surface area contributed by atoms with Gasteiger partial charge >= 0.3 is 12.1 Å². The molecule has 1 aromatic heterocycles. The summed E-state index contributed by atoms with van der Waals surface area (Å²) in [5.41, 5.74) is 0.548. The Balaban J connectivity index is 1.35. The lowest BCUT2D eigenvalue weighted by Gasteiger charge is -2.36. The van der Waals surface area contributed by atoms with E-state index in [0.717, 1.165) is 18.4 Å². The standard InChI is InChI=1S/C39H54N6O9/c1-8-52-38(51)44-20-18-43(19-21-44)36(49)28(15-16-33(46)54-39(4,5)6)41-34(47)30-23-32(27-14-11-24(2)22-29(27)40-30)53-25(3)35(48)45-17-9-10-31(45)37(50)42(7)26-12-13-26/h11,14,22-23,25-26,28,31H,8-10,12-13,15-21H2,1-7H3,(H,41,47)/t25-,28+,31+/m1/s1. The molecule has 3 fully saturated rings. The number of aromatic nitrogens is 1. The summed E-state index contributed by atoms with van der Waals surface area (Å²) in [6, 6.07) is 5.49. The van der Waals surface area contributed by atoms with Crippen LogP contribution in [0.15, 0.2) is 24.3 Å². The minimum atomic E-state index is -1.11. The molecule has 15 nitrogen and oxygen atoms in total. The number of nitrogens with zero attached hydrogens (tertiary/aromatic N) is 5. The van der Waals surface area contributed by atoms with E-state index in [0.29, 0.717) is 30.3 Å². The largest absolute Gasteiger partial charge is 0.480 e. The lowest BCUT2D eigenvalue weighted by atomic mass is 10.1. The molecule has 15 heteroatoms. The first-order valence-electron chi connectivity index (χ1n) is 18.9. The first-order chi connectivity index (χ1) is 25.6. The fraction of sp³-hybridized carbons (Fsp3) is 0.615. The molecular weight excluding hydrogens is 696 g/mol. The Morgan fingerprint density at radius 2 is 1.65 bits per heavy atom. The van der Waals surface area contributed by atoms with Gasteiger partial charge in [0.1, 0.15) is 29.1 Å². The maximum Gasteiger partial charge on any atom is 0.409 e. The first kappa shape index (κ1) is 40.2. The van der Waals surface area contributed by atoms with Gasteiger partial charge in [0.15, 0.2) is 6.10 Å². The molecule has 5 amide bonds. The molecule has 1 aromatic carbocycles. The Labute approximate surface area is 316 Å². The molecule has 3 heterocycles. The second-order valence-corrected chi connectivity index (χ2v) is 15.3. The number of benzene rings is 1. The minimum absolute atomic E-state index is 0.0369. The molecule has 1 aliphatic carbocycles. The van der Waals surface area contributed by atoms with Crippen molar-refractivity contribution in [1.29, 1.82) is 0 Å². The monoisotopic (exact) mass is 750 g/mol. The number of rotatable bonds is 12. The summed E-state index contributed by atoms with van der Waals surface area (Å²) in [7, 11) is 1.79. The van der Waals surface area contributed by atoms with Gasteiger partial charge in [0.25, 0.3) is 11.8 Å². The van der Waals surface area contributed by atoms with Crippen LogP contribution in [0.2, 0.25) is 0 Å². The highest BCUT2D eigenvalue weighted by Gasteiger charge is 2.41. The maximum atomic E-state index is 14.0. The van der Waals surface area contributed by atoms with Gasteiger partial charge in [-0.3, -0.25) is 24.0 Å². The Bertz CT molecular complexity index is 1750. The van der Waals surface area contributed by atoms with E-state index in [-0.39, 0.29) is 74.9 Å². The highest BCUT2D eigenvalue weighted by atomic mass is 16.6. The van der Waals surface area contributed by atoms with Crippen LogP contribution >= 0.6 is 0 Å². The van der Waals surface area contributed by atoms with Gasteiger partial charge in [-0.15, -0.1) is 0 Å². The van der Waals surface area contributed by atoms with Crippen molar-refractivity contribution in [1.82, 2.24) is 29.9 Å². The van der Waals surface area contributed by atoms with E-state index in [1.807, 2.05) is 19.1 Å². The molecule has 3 atom stereocenters. The fourth-order valence-corrected chi connectivity index (χ4v) is 6.85. The number of fused-ring (bicyclic) bond motifs is 1. The smallest absolute Gasteiger partial charge is 0.409 e. The van der Waals surface area contributed by atoms with Crippen LogP contribution in [-0.2, 0) is 28.7 Å². The van der Waals surface area contributed by atoms with E-state index < -0.39 is 47.7 Å². The topological polar surface area (TPSA) is 168 Å². The number of pyridine rings is 1. The summed E-state index contributed by atoms with van der Waals surface area (Å²) in [4.78, 5) is 90.9. The highest BCUT2D eigenvalue weighted by molar-refractivity contribution is 6.00. The van der Waals surface area contributed by atoms with Crippen molar-refractivity contribution in [3.63, 3.8) is 0 Å². The van der Waals surface area contributed by atoms with E-state index >= 15 is 0 Å². The highest BCUT2D eigenvalue weighted by Crippen LogP contribution is 2.31. The van der Waals surface area contributed by atoms with Crippen LogP contribution in [0.3, 0.4) is 0 Å². The van der Waals surface area contributed by atoms with E-state index in [1.165, 1.54) is 11.0 Å². The number of hydrogen-bond acceptors (Lipinski definition) is 10. The summed E-state index contributed by atoms with van der Waals surface area (Å²) >= 11 is 0. The van der Waals surface area contributed by atoms with Crippen LogP contribution in [-0.4, -0.2) is 136 Å². The average molecular weight is 751 g/mol. The molecule has 3 aliphatic rings. The average Bonchev–Trinajstić information content (AvgIpc) is 3.86. The zero-order chi connectivity index (χ0) is 39.3. The van der Waals surface area contributed by atoms with Gasteiger partial charge in [-0.1, -0.05) is 6.07 Å². The number of esters is 1. The lowest BCUT2D eigenvalue weighted by molar-refractivity contribution is -0.155. The fourth-order valence-electron chi connectivity index (χ4n) is 6.85. The van der Waals surface area contributed by atoms with Crippen molar-refractivity contribution >= 4 is 46.6 Å². The number of carbonyl (C=O) groups is 6. The number of amides is 5. The molecular formula is C39H54N6O9. The van der Waals surface area contributed by atoms with Crippen molar-refractivity contribution in [2.75, 3.05) is 46.4 Å². The SMILES string of the molecule is CCOC(=O)N1CCN(C(=O)[C@H](CCC(=O)OC(C)(C)C)NC(=O)c2cc(O[C@H](C)C(=O)N3CCC[C@H]3C(=O)N(C)C3CC3)c3ccc(C)cc3n2)CC1. The van der Waals surface area contributed by atoms with E-state index in [4.69, 9.17) is 14.2 Å². The predicted octanol–water partition coefficient (Wildman–Crippen LogP) is 3.44. The third kappa shape index (κ3) is 9.97. The third-order valence-corrected chi connectivity index (χ3v) is 9.85. The number of hydrogen-bond donors (Lipinski definition) is 1. The second-order valence-electron chi connectivity index (χ2n) is 15.3. The van der Waals surface area contributed by atoms with E-state index in [9.17, 15) is 28.8 Å². The molecule has 1 N–H and O–H groups in total. The van der Waals surface area contributed by atoms with Crippen LogP contribution in [0, 0.1) is 6.92 Å². The number of ether oxygens (including phenoxy) is 3. The number of nitrogens with one attached hydrogen (secondary N) is 1. The second kappa shape index (κ2) is 17.0. The number of carbonyl (C=O) groups excluding carboxylic acids is 6. The van der Waals surface area contributed by atoms with E-state index in [2.05, 4.69) is 10.3 Å². The zero-order valence-corrected chi connectivity index (χ0v) is 32.5. The summed E-state index contributed by atoms with van der Waals surface area (Å²) in [5.74, 6) is -1.75. The molecule has 0 bridgehead atoms. The van der Waals surface area contributed by atoms with Crippen molar-refractivity contribution in [3.8, 4) is 5.75 Å². The quantitative estimate of drug-likeness (QED) is 0.318. The van der Waals surface area contributed by atoms with E-state index in [1.54, 1.807) is 62.4 Å². The molecule has 294 valence electrons. The Morgan fingerprint density at radius 3 is 2.30 bits per heavy atom. The van der Waals surface area contributed by atoms with Gasteiger partial charge in [0.05, 0.1) is 12.1 Å². The molecule has 0 radical (unpaired) electrons. The lowest BCUT2D eigenvalue weighted by Crippen LogP contribution is -2.56. The number of likely N-dealkylation sites (tertiary alicyclic amines) is 1. The molecule has 0 unspecified atom stereocenters. The van der Waals surface area contributed by atoms with Crippen molar-refractivity contribution < 1.29 is 43.0 Å². The number of piperazine rings is 1. The van der Waals surface area contributed by atoms with Crippen molar-refractivity contribution in [2.45, 2.75) is 110 Å². The number of aryl methyl sites for hydroxylation is 1. The predicted molar refractivity (Wildman–Crippen MR) is 199 cm³/mol. The molecule has 1 saturated carbocycles. The third-order valence-electron chi connectivity index (χ3n) is 9.85. The molecule has 2 saturated heterocycles. The van der Waals surface area contributed by atoms with Crippen LogP contribution in [0.25, 0.3) is 10.9 Å². The van der Waals surface area contributed by atoms with Crippen LogP contribution in [0.4, 0.5) is 4.79 Å². The van der Waals surface area contributed by atoms with Gasteiger partial charge in [0, 0.05) is 63.7 Å². The van der Waals surface area contributed by atoms with Gasteiger partial charge < -0.3 is 39.1 Å². The van der Waals surface area contributed by atoms with Crippen molar-refractivity contribution in [3.05, 3.63) is 35.5 Å². The Morgan fingerprint density at radius 1 is 0.963 bits per heavy atom. The normalized spacial score (nSPS) is 18.5. The van der Waals surface area contributed by atoms with Gasteiger partial charge in [0.2, 0.25) is 11.8 Å². The van der Waals surface area contributed by atoms with Crippen molar-refractivity contribution in [2.24, 2.45) is 0 Å². The zero-order valence-electron chi connectivity index (χ0n) is 32.5. The molecule has 2 aliphatic heterocycles. The van der Waals surface area contributed by atoms with Crippen LogP contribution in [0.1, 0.15) is 89.2 Å². The maximum absolute atomic E-state index is 14.0. The summed E-state index contributed by atoms with van der Waals surface area (Å²) < 4.78 is 16.8. The minimum Gasteiger partial charge on any atom is -0.480 e. The molecule has 5 rings (SSSR count). The number of likely N-dealkylation sites (N-methyl/N-ethyl adjacent to an activating group) is 1. The summed E-state index contributed by atoms with van der Waals surface area (Å²) in [6.07, 6.45) is 1.63. The molecule has 2 aromatic rings. The molecule has 54 heavy (non-hydrogen) atoms. The van der Waals surface area contributed by atoms with Gasteiger partial charge in [-0.05, 0) is 91.3 Å². The summed E-state index contributed by atoms with van der Waals surface area (Å²) in [6.45, 7) is 12.1. The first-order valence-corrected chi connectivity index (χ1v) is 18.9. The Kier molecular flexibility index (Phi) is 12.7. The van der Waals surface area contributed by atoms with Gasteiger partial charge in [-0.25, -0.2) is 9.78 Å². The molecule has 0 spiro atoms.